The van der Waals surface area contributed by atoms with Crippen molar-refractivity contribution < 1.29 is 47.6 Å². The maximum atomic E-state index is 13.0. The lowest BCUT2D eigenvalue weighted by atomic mass is 9.53. The average molecular weight is 507 g/mol. The van der Waals surface area contributed by atoms with Crippen LogP contribution in [-0.4, -0.2) is 71.2 Å². The second kappa shape index (κ2) is 7.77. The van der Waals surface area contributed by atoms with Gasteiger partial charge in [-0.1, -0.05) is 12.5 Å². The van der Waals surface area contributed by atoms with E-state index >= 15 is 0 Å². The fraction of sp³-hybridized carbons (Fsp3) is 0.769. The Bertz CT molecular complexity index is 1070. The van der Waals surface area contributed by atoms with Crippen LogP contribution in [0.2, 0.25) is 0 Å². The minimum Gasteiger partial charge on any atom is -0.462 e. The Morgan fingerprint density at radius 3 is 2.17 bits per heavy atom. The molecule has 3 aliphatic heterocycles. The van der Waals surface area contributed by atoms with E-state index in [0.717, 1.165) is 5.57 Å². The third kappa shape index (κ3) is 3.29. The van der Waals surface area contributed by atoms with Crippen LogP contribution in [0.5, 0.6) is 0 Å². The predicted molar refractivity (Wildman–Crippen MR) is 121 cm³/mol. The highest BCUT2D eigenvalue weighted by atomic mass is 16.7. The van der Waals surface area contributed by atoms with E-state index in [1.54, 1.807) is 6.92 Å². The van der Waals surface area contributed by atoms with Crippen LogP contribution in [0.1, 0.15) is 67.7 Å². The van der Waals surface area contributed by atoms with Crippen molar-refractivity contribution in [1.82, 2.24) is 0 Å². The van der Waals surface area contributed by atoms with Crippen molar-refractivity contribution in [1.29, 1.82) is 0 Å². The first kappa shape index (κ1) is 25.2. The number of hydrogen-bond acceptors (Lipinski definition) is 10. The van der Waals surface area contributed by atoms with Crippen molar-refractivity contribution in [2.75, 3.05) is 0 Å². The molecule has 0 radical (unpaired) electrons. The van der Waals surface area contributed by atoms with Crippen LogP contribution in [0.15, 0.2) is 11.6 Å². The van der Waals surface area contributed by atoms with Crippen LogP contribution >= 0.6 is 0 Å². The minimum absolute atomic E-state index is 0.283. The van der Waals surface area contributed by atoms with Gasteiger partial charge < -0.3 is 28.4 Å². The van der Waals surface area contributed by atoms with E-state index in [4.69, 9.17) is 28.4 Å². The largest absolute Gasteiger partial charge is 0.462 e. The second-order valence-electron chi connectivity index (χ2n) is 11.4. The summed E-state index contributed by atoms with van der Waals surface area (Å²) in [7, 11) is 0. The number of epoxide rings is 2. The van der Waals surface area contributed by atoms with Crippen LogP contribution in [0.4, 0.5) is 0 Å². The topological polar surface area (TPSA) is 130 Å². The number of rotatable bonds is 3. The molecule has 0 aromatic carbocycles. The molecule has 0 aromatic rings. The lowest BCUT2D eigenvalue weighted by Crippen LogP contribution is -2.66. The molecule has 0 amide bonds. The van der Waals surface area contributed by atoms with Gasteiger partial charge in [0.2, 0.25) is 0 Å². The first-order valence-electron chi connectivity index (χ1n) is 12.5. The van der Waals surface area contributed by atoms with Crippen molar-refractivity contribution in [3.05, 3.63) is 11.6 Å². The summed E-state index contributed by atoms with van der Waals surface area (Å²) in [6.07, 6.45) is -0.313. The summed E-state index contributed by atoms with van der Waals surface area (Å²) in [6.45, 7) is 11.3. The molecular weight excluding hydrogens is 472 g/mol. The van der Waals surface area contributed by atoms with Crippen LogP contribution in [0.3, 0.4) is 0 Å². The van der Waals surface area contributed by atoms with E-state index in [1.165, 1.54) is 20.8 Å². The molecule has 36 heavy (non-hydrogen) atoms. The van der Waals surface area contributed by atoms with Gasteiger partial charge in [-0.3, -0.25) is 14.4 Å². The number of carbonyl (C=O) groups is 4. The maximum absolute atomic E-state index is 13.0. The molecule has 10 heteroatoms. The Morgan fingerprint density at radius 2 is 1.58 bits per heavy atom. The van der Waals surface area contributed by atoms with Gasteiger partial charge in [0.1, 0.15) is 18.3 Å². The van der Waals surface area contributed by atoms with E-state index in [0.29, 0.717) is 19.3 Å². The van der Waals surface area contributed by atoms with Crippen LogP contribution in [0.25, 0.3) is 0 Å². The van der Waals surface area contributed by atoms with E-state index in [-0.39, 0.29) is 6.10 Å². The third-order valence-electron chi connectivity index (χ3n) is 9.08. The molecule has 5 rings (SSSR count). The molecule has 3 heterocycles. The number of hydrogen-bond donors (Lipinski definition) is 0. The quantitative estimate of drug-likeness (QED) is 0.243. The standard InChI is InChI=1S/C26H34O10/c1-12-8-9-16(31-13(2)27)23(5)17(32-14(3)28)11-18-24(6,35-18)20(23)21(33-15(4)29)26-19(10-12)34-22(30)25(26,7)36-26/h10,16-21H,8-9,11H2,1-7H3/b12-10-/t16-,17-,18-,19-,20+,21?,23-,24-,25-,26-/m0/s1. The van der Waals surface area contributed by atoms with E-state index in [1.807, 2.05) is 26.8 Å². The summed E-state index contributed by atoms with van der Waals surface area (Å²) in [5.41, 5.74) is -3.59. The SMILES string of the molecule is CC(=O)OC1[C@H]2[C@@]3(C)O[C@H]3C[C@H](OC(C)=O)[C@]2(C)[C@@H](OC(C)=O)CC/C(C)=C\[C@@H]2OC(=O)[C@]3(C)O[C@]123. The summed E-state index contributed by atoms with van der Waals surface area (Å²) in [5, 5.41) is 0. The molecule has 0 aromatic heterocycles. The molecule has 0 N–H and O–H groups in total. The summed E-state index contributed by atoms with van der Waals surface area (Å²) in [6, 6.07) is 0. The number of carbonyl (C=O) groups excluding carboxylic acids is 4. The molecule has 4 fully saturated rings. The Balaban J connectivity index is 1.75. The first-order valence-corrected chi connectivity index (χ1v) is 12.5. The van der Waals surface area contributed by atoms with Crippen molar-refractivity contribution in [3.63, 3.8) is 0 Å². The van der Waals surface area contributed by atoms with Crippen molar-refractivity contribution >= 4 is 23.9 Å². The number of ether oxygens (including phenoxy) is 6. The van der Waals surface area contributed by atoms with E-state index in [2.05, 4.69) is 0 Å². The van der Waals surface area contributed by atoms with Crippen molar-refractivity contribution in [3.8, 4) is 0 Å². The van der Waals surface area contributed by atoms with Gasteiger partial charge in [0.25, 0.3) is 0 Å². The molecule has 0 bridgehead atoms. The fourth-order valence-corrected chi connectivity index (χ4v) is 7.29. The van der Waals surface area contributed by atoms with Gasteiger partial charge in [-0.05, 0) is 39.7 Å². The number of allylic oxidation sites excluding steroid dienone is 1. The summed E-state index contributed by atoms with van der Waals surface area (Å²) in [5.74, 6) is -2.71. The van der Waals surface area contributed by atoms with Crippen molar-refractivity contribution in [2.45, 2.75) is 115 Å². The van der Waals surface area contributed by atoms with Gasteiger partial charge in [-0.2, -0.15) is 0 Å². The Kier molecular flexibility index (Phi) is 5.44. The van der Waals surface area contributed by atoms with Crippen LogP contribution in [0, 0.1) is 11.3 Å². The van der Waals surface area contributed by atoms with Crippen LogP contribution < -0.4 is 0 Å². The molecule has 3 saturated heterocycles. The first-order chi connectivity index (χ1) is 16.7. The second-order valence-corrected chi connectivity index (χ2v) is 11.4. The number of fused-ring (bicyclic) bond motifs is 3. The molecule has 10 nitrogen and oxygen atoms in total. The molecule has 1 saturated carbocycles. The average Bonchev–Trinajstić information content (AvgIpc) is 3.58. The predicted octanol–water partition coefficient (Wildman–Crippen LogP) is 2.16. The van der Waals surface area contributed by atoms with E-state index in [9.17, 15) is 19.2 Å². The molecule has 2 aliphatic carbocycles. The van der Waals surface area contributed by atoms with Crippen molar-refractivity contribution in [2.24, 2.45) is 11.3 Å². The zero-order valence-electron chi connectivity index (χ0n) is 21.7. The van der Waals surface area contributed by atoms with Gasteiger partial charge >= 0.3 is 23.9 Å². The van der Waals surface area contributed by atoms with Gasteiger partial charge in [0.15, 0.2) is 17.3 Å². The zero-order chi connectivity index (χ0) is 26.4. The highest BCUT2D eigenvalue weighted by Gasteiger charge is 2.89. The Labute approximate surface area is 209 Å². The fourth-order valence-electron chi connectivity index (χ4n) is 7.29. The molecule has 198 valence electrons. The lowest BCUT2D eigenvalue weighted by molar-refractivity contribution is -0.212. The third-order valence-corrected chi connectivity index (χ3v) is 9.08. The monoisotopic (exact) mass is 506 g/mol. The summed E-state index contributed by atoms with van der Waals surface area (Å²) < 4.78 is 36.0. The lowest BCUT2D eigenvalue weighted by Gasteiger charge is -2.54. The normalized spacial score (nSPS) is 50.0. The molecule has 1 unspecified atom stereocenters. The number of esters is 4. The van der Waals surface area contributed by atoms with Gasteiger partial charge in [0.05, 0.1) is 17.1 Å². The van der Waals surface area contributed by atoms with Gasteiger partial charge in [-0.25, -0.2) is 4.79 Å². The molecular formula is C26H34O10. The highest BCUT2D eigenvalue weighted by Crippen LogP contribution is 2.69. The molecule has 5 aliphatic rings. The zero-order valence-corrected chi connectivity index (χ0v) is 21.7. The van der Waals surface area contributed by atoms with E-state index < -0.39 is 76.4 Å². The smallest absolute Gasteiger partial charge is 0.342 e. The Hall–Kier alpha value is -2.46. The minimum atomic E-state index is -1.33. The maximum Gasteiger partial charge on any atom is 0.342 e. The Morgan fingerprint density at radius 1 is 0.972 bits per heavy atom. The highest BCUT2D eigenvalue weighted by molar-refractivity contribution is 5.89. The van der Waals surface area contributed by atoms with Gasteiger partial charge in [0, 0.05) is 33.1 Å². The molecule has 1 spiro atoms. The summed E-state index contributed by atoms with van der Waals surface area (Å²) in [4.78, 5) is 50.1. The molecule has 10 atom stereocenters. The summed E-state index contributed by atoms with van der Waals surface area (Å²) >= 11 is 0. The van der Waals surface area contributed by atoms with Crippen LogP contribution in [-0.2, 0) is 47.6 Å². The van der Waals surface area contributed by atoms with Gasteiger partial charge in [-0.15, -0.1) is 0 Å².